The number of hydrogen-bond acceptors (Lipinski definition) is 3. The number of nitrogens with zero attached hydrogens (tertiary/aromatic N) is 2. The molecule has 1 aliphatic rings. The van der Waals surface area contributed by atoms with Crippen LogP contribution < -0.4 is 5.56 Å². The number of hydrogen-bond donors (Lipinski definition) is 2. The number of fused-ring (bicyclic) bond motifs is 1. The van der Waals surface area contributed by atoms with Gasteiger partial charge in [-0.05, 0) is 12.0 Å². The van der Waals surface area contributed by atoms with E-state index in [1.54, 1.807) is 0 Å². The minimum absolute atomic E-state index is 0.0203. The number of benzene rings is 1. The van der Waals surface area contributed by atoms with Crippen molar-refractivity contribution in [2.24, 2.45) is 0 Å². The van der Waals surface area contributed by atoms with Gasteiger partial charge in [-0.3, -0.25) is 4.79 Å². The van der Waals surface area contributed by atoms with E-state index < -0.39 is 6.09 Å². The van der Waals surface area contributed by atoms with E-state index in [0.29, 0.717) is 37.3 Å². The van der Waals surface area contributed by atoms with Gasteiger partial charge in [0.25, 0.3) is 5.56 Å². The van der Waals surface area contributed by atoms with Crippen molar-refractivity contribution in [2.75, 3.05) is 13.1 Å². The Morgan fingerprint density at radius 2 is 1.96 bits per heavy atom. The molecule has 1 unspecified atom stereocenters. The third kappa shape index (κ3) is 3.11. The molecule has 1 amide bonds. The second-order valence-electron chi connectivity index (χ2n) is 5.78. The monoisotopic (exact) mass is 313 g/mol. The summed E-state index contributed by atoms with van der Waals surface area (Å²) in [5.74, 6) is 0.608. The SMILES string of the molecule is CC(c1ccccc1)c1nc2c(c(=O)[nH]1)CCN(C(=O)O)CC2. The summed E-state index contributed by atoms with van der Waals surface area (Å²) in [6.07, 6.45) is -0.0728. The Balaban J connectivity index is 1.94. The van der Waals surface area contributed by atoms with Gasteiger partial charge in [0.1, 0.15) is 5.82 Å². The lowest BCUT2D eigenvalue weighted by Crippen LogP contribution is -2.31. The van der Waals surface area contributed by atoms with Crippen molar-refractivity contribution in [3.8, 4) is 0 Å². The number of aromatic amines is 1. The van der Waals surface area contributed by atoms with Crippen LogP contribution in [0.15, 0.2) is 35.1 Å². The average Bonchev–Trinajstić information content (AvgIpc) is 2.78. The first-order valence-electron chi connectivity index (χ1n) is 7.71. The molecule has 23 heavy (non-hydrogen) atoms. The highest BCUT2D eigenvalue weighted by Crippen LogP contribution is 2.21. The van der Waals surface area contributed by atoms with E-state index in [4.69, 9.17) is 5.11 Å². The maximum absolute atomic E-state index is 12.4. The Morgan fingerprint density at radius 3 is 2.65 bits per heavy atom. The summed E-state index contributed by atoms with van der Waals surface area (Å²) in [5, 5.41) is 9.12. The molecule has 6 nitrogen and oxygen atoms in total. The molecule has 0 spiro atoms. The van der Waals surface area contributed by atoms with Crippen LogP contribution in [0.5, 0.6) is 0 Å². The smallest absolute Gasteiger partial charge is 0.407 e. The molecular formula is C17H19N3O3. The molecule has 0 radical (unpaired) electrons. The number of rotatable bonds is 2. The van der Waals surface area contributed by atoms with Crippen LogP contribution in [-0.4, -0.2) is 39.2 Å². The Bertz CT molecular complexity index is 770. The predicted molar refractivity (Wildman–Crippen MR) is 85.8 cm³/mol. The fraction of sp³-hybridized carbons (Fsp3) is 0.353. The Labute approximate surface area is 133 Å². The summed E-state index contributed by atoms with van der Waals surface area (Å²) >= 11 is 0. The summed E-state index contributed by atoms with van der Waals surface area (Å²) in [6, 6.07) is 9.87. The highest BCUT2D eigenvalue weighted by atomic mass is 16.4. The van der Waals surface area contributed by atoms with Crippen molar-refractivity contribution in [3.05, 3.63) is 63.3 Å². The molecule has 120 valence electrons. The van der Waals surface area contributed by atoms with E-state index in [1.807, 2.05) is 37.3 Å². The van der Waals surface area contributed by atoms with Gasteiger partial charge in [0.15, 0.2) is 0 Å². The van der Waals surface area contributed by atoms with E-state index in [0.717, 1.165) is 11.3 Å². The molecular weight excluding hydrogens is 294 g/mol. The molecule has 6 heteroatoms. The number of nitrogens with one attached hydrogen (secondary N) is 1. The lowest BCUT2D eigenvalue weighted by Gasteiger charge is -2.14. The molecule has 0 fully saturated rings. The van der Waals surface area contributed by atoms with Gasteiger partial charge in [0.05, 0.1) is 5.69 Å². The fourth-order valence-electron chi connectivity index (χ4n) is 2.92. The van der Waals surface area contributed by atoms with Crippen molar-refractivity contribution in [1.82, 2.24) is 14.9 Å². The Hall–Kier alpha value is -2.63. The van der Waals surface area contributed by atoms with Gasteiger partial charge in [0.2, 0.25) is 0 Å². The van der Waals surface area contributed by atoms with Gasteiger partial charge in [-0.25, -0.2) is 9.78 Å². The Morgan fingerprint density at radius 1 is 1.26 bits per heavy atom. The lowest BCUT2D eigenvalue weighted by molar-refractivity contribution is 0.147. The fourth-order valence-corrected chi connectivity index (χ4v) is 2.92. The van der Waals surface area contributed by atoms with Crippen molar-refractivity contribution in [2.45, 2.75) is 25.7 Å². The summed E-state index contributed by atoms with van der Waals surface area (Å²) in [6.45, 7) is 2.71. The van der Waals surface area contributed by atoms with Crippen LogP contribution in [0.3, 0.4) is 0 Å². The normalized spacial score (nSPS) is 15.6. The van der Waals surface area contributed by atoms with Crippen molar-refractivity contribution >= 4 is 6.09 Å². The van der Waals surface area contributed by atoms with Gasteiger partial charge in [-0.1, -0.05) is 37.3 Å². The number of amides is 1. The maximum Gasteiger partial charge on any atom is 0.407 e. The van der Waals surface area contributed by atoms with Crippen molar-refractivity contribution < 1.29 is 9.90 Å². The van der Waals surface area contributed by atoms with Gasteiger partial charge < -0.3 is 15.0 Å². The first-order chi connectivity index (χ1) is 11.1. The third-order valence-electron chi connectivity index (χ3n) is 4.35. The largest absolute Gasteiger partial charge is 0.465 e. The van der Waals surface area contributed by atoms with Crippen LogP contribution in [0, 0.1) is 0 Å². The van der Waals surface area contributed by atoms with Crippen LogP contribution in [0.25, 0.3) is 0 Å². The highest BCUT2D eigenvalue weighted by Gasteiger charge is 2.22. The zero-order valence-corrected chi connectivity index (χ0v) is 13.0. The van der Waals surface area contributed by atoms with Crippen LogP contribution in [0.4, 0.5) is 4.79 Å². The number of carbonyl (C=O) groups is 1. The van der Waals surface area contributed by atoms with Crippen LogP contribution in [0.2, 0.25) is 0 Å². The number of H-pyrrole nitrogens is 1. The van der Waals surface area contributed by atoms with Gasteiger partial charge in [-0.2, -0.15) is 0 Å². The summed E-state index contributed by atoms with van der Waals surface area (Å²) in [7, 11) is 0. The molecule has 1 atom stereocenters. The van der Waals surface area contributed by atoms with E-state index in [2.05, 4.69) is 9.97 Å². The minimum atomic E-state index is -0.952. The maximum atomic E-state index is 12.4. The quantitative estimate of drug-likeness (QED) is 0.888. The predicted octanol–water partition coefficient (Wildman–Crippen LogP) is 2.00. The summed E-state index contributed by atoms with van der Waals surface area (Å²) in [5.41, 5.74) is 2.25. The van der Waals surface area contributed by atoms with Crippen molar-refractivity contribution in [1.29, 1.82) is 0 Å². The average molecular weight is 313 g/mol. The van der Waals surface area contributed by atoms with Gasteiger partial charge in [-0.15, -0.1) is 0 Å². The molecule has 3 rings (SSSR count). The second-order valence-corrected chi connectivity index (χ2v) is 5.78. The molecule has 2 heterocycles. The van der Waals surface area contributed by atoms with Gasteiger partial charge in [0, 0.05) is 31.0 Å². The van der Waals surface area contributed by atoms with Crippen LogP contribution >= 0.6 is 0 Å². The Kier molecular flexibility index (Phi) is 4.14. The van der Waals surface area contributed by atoms with Gasteiger partial charge >= 0.3 is 6.09 Å². The second kappa shape index (κ2) is 6.24. The van der Waals surface area contributed by atoms with Crippen LogP contribution in [-0.2, 0) is 12.8 Å². The van der Waals surface area contributed by atoms with E-state index in [9.17, 15) is 9.59 Å². The molecule has 2 N–H and O–H groups in total. The van der Waals surface area contributed by atoms with Crippen LogP contribution in [0.1, 0.15) is 35.5 Å². The highest BCUT2D eigenvalue weighted by molar-refractivity contribution is 5.65. The number of carboxylic acid groups (broad SMARTS) is 1. The molecule has 2 aromatic rings. The molecule has 0 saturated heterocycles. The molecule has 0 saturated carbocycles. The van der Waals surface area contributed by atoms with E-state index in [1.165, 1.54) is 4.90 Å². The molecule has 0 aliphatic carbocycles. The lowest BCUT2D eigenvalue weighted by atomic mass is 10.00. The standard InChI is InChI=1S/C17H19N3O3/c1-11(12-5-3-2-4-6-12)15-18-14-8-10-20(17(22)23)9-7-13(14)16(21)19-15/h2-6,11H,7-10H2,1H3,(H,22,23)(H,18,19,21). The summed E-state index contributed by atoms with van der Waals surface area (Å²) < 4.78 is 0. The zero-order chi connectivity index (χ0) is 16.4. The zero-order valence-electron chi connectivity index (χ0n) is 13.0. The number of aromatic nitrogens is 2. The molecule has 1 aromatic carbocycles. The first kappa shape index (κ1) is 15.3. The van der Waals surface area contributed by atoms with Crippen molar-refractivity contribution in [3.63, 3.8) is 0 Å². The topological polar surface area (TPSA) is 86.3 Å². The molecule has 0 bridgehead atoms. The van der Waals surface area contributed by atoms with E-state index >= 15 is 0 Å². The summed E-state index contributed by atoms with van der Waals surface area (Å²) in [4.78, 5) is 32.3. The molecule has 1 aliphatic heterocycles. The van der Waals surface area contributed by atoms with E-state index in [-0.39, 0.29) is 11.5 Å². The minimum Gasteiger partial charge on any atom is -0.465 e. The third-order valence-corrected chi connectivity index (χ3v) is 4.35. The molecule has 1 aromatic heterocycles. The first-order valence-corrected chi connectivity index (χ1v) is 7.71.